The van der Waals surface area contributed by atoms with Crippen molar-refractivity contribution in [2.45, 2.75) is 18.6 Å². The molecule has 1 aromatic rings. The molecule has 1 aromatic carbocycles. The third kappa shape index (κ3) is 3.98. The van der Waals surface area contributed by atoms with E-state index < -0.39 is 30.0 Å². The number of rotatable bonds is 4. The number of ether oxygens (including phenoxy) is 2. The van der Waals surface area contributed by atoms with Crippen molar-refractivity contribution in [3.8, 4) is 11.5 Å². The maximum atomic E-state index is 12.0. The predicted molar refractivity (Wildman–Crippen MR) is 84.9 cm³/mol. The zero-order valence-corrected chi connectivity index (χ0v) is 13.2. The van der Waals surface area contributed by atoms with Crippen molar-refractivity contribution in [3.63, 3.8) is 0 Å². The number of urea groups is 1. The van der Waals surface area contributed by atoms with Gasteiger partial charge < -0.3 is 25.6 Å². The molecule has 1 fully saturated rings. The largest absolute Gasteiger partial charge is 0.454 e. The Bertz CT molecular complexity index is 709. The van der Waals surface area contributed by atoms with Crippen LogP contribution in [0.5, 0.6) is 11.5 Å². The fourth-order valence-corrected chi connectivity index (χ4v) is 2.84. The molecule has 0 bridgehead atoms. The molecule has 0 aromatic heterocycles. The summed E-state index contributed by atoms with van der Waals surface area (Å²) >= 11 is 0. The van der Waals surface area contributed by atoms with E-state index in [1.54, 1.807) is 18.2 Å². The number of primary amides is 1. The molecule has 10 nitrogen and oxygen atoms in total. The van der Waals surface area contributed by atoms with E-state index in [0.29, 0.717) is 17.2 Å². The number of fused-ring (bicyclic) bond motifs is 1. The minimum absolute atomic E-state index is 0.117. The van der Waals surface area contributed by atoms with Gasteiger partial charge in [0.25, 0.3) is 0 Å². The normalized spacial score (nSPS) is 21.8. The lowest BCUT2D eigenvalue weighted by Gasteiger charge is -2.20. The van der Waals surface area contributed by atoms with Crippen LogP contribution in [0.4, 0.5) is 10.5 Å². The van der Waals surface area contributed by atoms with Gasteiger partial charge in [-0.2, -0.15) is 0 Å². The lowest BCUT2D eigenvalue weighted by molar-refractivity contribution is -0.125. The Morgan fingerprint density at radius 1 is 1.28 bits per heavy atom. The van der Waals surface area contributed by atoms with Crippen LogP contribution in [-0.4, -0.2) is 59.9 Å². The molecule has 2 atom stereocenters. The molecule has 2 aliphatic rings. The highest BCUT2D eigenvalue weighted by molar-refractivity contribution is 6.02. The number of nitrogens with two attached hydrogens (primary N) is 1. The number of aliphatic hydroxyl groups is 1. The zero-order chi connectivity index (χ0) is 18.0. The quantitative estimate of drug-likeness (QED) is 0.544. The first-order chi connectivity index (χ1) is 11.9. The number of aliphatic hydroxyl groups excluding tert-OH is 1. The smallest absolute Gasteiger partial charge is 0.325 e. The van der Waals surface area contributed by atoms with Crippen LogP contribution < -0.4 is 25.8 Å². The van der Waals surface area contributed by atoms with Crippen molar-refractivity contribution in [3.05, 3.63) is 18.2 Å². The van der Waals surface area contributed by atoms with E-state index in [2.05, 4.69) is 10.6 Å². The molecule has 2 aliphatic heterocycles. The van der Waals surface area contributed by atoms with Gasteiger partial charge >= 0.3 is 6.03 Å². The molecular weight excluding hydrogens is 332 g/mol. The molecule has 0 radical (unpaired) electrons. The Kier molecular flexibility index (Phi) is 4.72. The number of nitrogens with zero attached hydrogens (tertiary/aromatic N) is 1. The summed E-state index contributed by atoms with van der Waals surface area (Å²) in [6.45, 7) is 0.0379. The molecule has 0 spiro atoms. The Hall–Kier alpha value is -2.85. The second kappa shape index (κ2) is 6.95. The SMILES string of the molecule is NC(=O)[C@@H]1C[C@@H](O)CN1CC(=O)NC(=O)Nc1ccc2c(c1)OCO2. The maximum absolute atomic E-state index is 12.0. The Balaban J connectivity index is 1.52. The Morgan fingerprint density at radius 3 is 2.80 bits per heavy atom. The summed E-state index contributed by atoms with van der Waals surface area (Å²) in [5.74, 6) is -0.153. The molecule has 10 heteroatoms. The molecule has 0 saturated carbocycles. The number of anilines is 1. The standard InChI is InChI=1S/C15H18N4O6/c16-14(22)10-4-9(20)5-19(10)6-13(21)18-15(23)17-8-1-2-11-12(3-8)25-7-24-11/h1-3,9-10,20H,4-7H2,(H2,16,22)(H2,17,18,21,23)/t9-,10+/m1/s1. The molecule has 5 N–H and O–H groups in total. The van der Waals surface area contributed by atoms with Crippen LogP contribution in [0.25, 0.3) is 0 Å². The van der Waals surface area contributed by atoms with E-state index in [1.165, 1.54) is 4.90 Å². The molecule has 134 valence electrons. The number of hydrogen-bond donors (Lipinski definition) is 4. The maximum Gasteiger partial charge on any atom is 0.325 e. The average molecular weight is 350 g/mol. The van der Waals surface area contributed by atoms with E-state index >= 15 is 0 Å². The molecule has 25 heavy (non-hydrogen) atoms. The second-order valence-electron chi connectivity index (χ2n) is 5.81. The summed E-state index contributed by atoms with van der Waals surface area (Å²) in [5.41, 5.74) is 5.68. The van der Waals surface area contributed by atoms with Crippen LogP contribution in [0.3, 0.4) is 0 Å². The number of carbonyl (C=O) groups excluding carboxylic acids is 3. The van der Waals surface area contributed by atoms with Gasteiger partial charge in [0.2, 0.25) is 18.6 Å². The van der Waals surface area contributed by atoms with Crippen molar-refractivity contribution in [2.24, 2.45) is 5.73 Å². The van der Waals surface area contributed by atoms with Gasteiger partial charge in [0.05, 0.1) is 18.7 Å². The van der Waals surface area contributed by atoms with E-state index in [-0.39, 0.29) is 26.3 Å². The van der Waals surface area contributed by atoms with Crippen molar-refractivity contribution < 1.29 is 29.0 Å². The molecule has 4 amide bonds. The second-order valence-corrected chi connectivity index (χ2v) is 5.81. The van der Waals surface area contributed by atoms with Gasteiger partial charge in [0.15, 0.2) is 11.5 Å². The molecule has 0 aliphatic carbocycles. The summed E-state index contributed by atoms with van der Waals surface area (Å²) in [7, 11) is 0. The zero-order valence-electron chi connectivity index (χ0n) is 13.2. The first-order valence-corrected chi connectivity index (χ1v) is 7.64. The van der Waals surface area contributed by atoms with Crippen LogP contribution in [0.2, 0.25) is 0 Å². The van der Waals surface area contributed by atoms with Crippen molar-refractivity contribution in [1.29, 1.82) is 0 Å². The number of likely N-dealkylation sites (tertiary alicyclic amines) is 1. The molecule has 3 rings (SSSR count). The number of β-amino-alcohol motifs (C(OH)–C–C–N with tert-alkyl or cyclic N) is 1. The van der Waals surface area contributed by atoms with E-state index in [4.69, 9.17) is 15.2 Å². The molecule has 0 unspecified atom stereocenters. The van der Waals surface area contributed by atoms with Gasteiger partial charge in [0.1, 0.15) is 0 Å². The van der Waals surface area contributed by atoms with E-state index in [9.17, 15) is 19.5 Å². The summed E-state index contributed by atoms with van der Waals surface area (Å²) in [6.07, 6.45) is -0.556. The molecule has 1 saturated heterocycles. The minimum atomic E-state index is -0.729. The van der Waals surface area contributed by atoms with Crippen LogP contribution in [0.15, 0.2) is 18.2 Å². The predicted octanol–water partition coefficient (Wildman–Crippen LogP) is -1.02. The van der Waals surface area contributed by atoms with Gasteiger partial charge in [0, 0.05) is 18.3 Å². The number of imide groups is 1. The van der Waals surface area contributed by atoms with Gasteiger partial charge in [-0.25, -0.2) is 4.79 Å². The number of amides is 4. The summed E-state index contributed by atoms with van der Waals surface area (Å²) < 4.78 is 10.4. The number of nitrogens with one attached hydrogen (secondary N) is 2. The van der Waals surface area contributed by atoms with Gasteiger partial charge in [-0.3, -0.25) is 19.8 Å². The number of hydrogen-bond acceptors (Lipinski definition) is 7. The van der Waals surface area contributed by atoms with Crippen molar-refractivity contribution in [1.82, 2.24) is 10.2 Å². The highest BCUT2D eigenvalue weighted by Crippen LogP contribution is 2.34. The highest BCUT2D eigenvalue weighted by Gasteiger charge is 2.35. The van der Waals surface area contributed by atoms with Gasteiger partial charge in [-0.1, -0.05) is 0 Å². The van der Waals surface area contributed by atoms with Gasteiger partial charge in [-0.15, -0.1) is 0 Å². The summed E-state index contributed by atoms with van der Waals surface area (Å²) in [5, 5.41) is 14.3. The first-order valence-electron chi connectivity index (χ1n) is 7.64. The average Bonchev–Trinajstić information content (AvgIpc) is 3.12. The molecule has 2 heterocycles. The van der Waals surface area contributed by atoms with E-state index in [0.717, 1.165) is 0 Å². The summed E-state index contributed by atoms with van der Waals surface area (Å²) in [6, 6.07) is 3.38. The third-order valence-corrected chi connectivity index (χ3v) is 3.94. The number of benzene rings is 1. The van der Waals surface area contributed by atoms with Crippen LogP contribution in [-0.2, 0) is 9.59 Å². The lowest BCUT2D eigenvalue weighted by Crippen LogP contribution is -2.47. The summed E-state index contributed by atoms with van der Waals surface area (Å²) in [4.78, 5) is 36.6. The van der Waals surface area contributed by atoms with Gasteiger partial charge in [-0.05, 0) is 18.6 Å². The Labute approximate surface area is 142 Å². The topological polar surface area (TPSA) is 143 Å². The Morgan fingerprint density at radius 2 is 2.04 bits per heavy atom. The minimum Gasteiger partial charge on any atom is -0.454 e. The van der Waals surface area contributed by atoms with Crippen LogP contribution in [0.1, 0.15) is 6.42 Å². The van der Waals surface area contributed by atoms with Crippen LogP contribution >= 0.6 is 0 Å². The third-order valence-electron chi connectivity index (χ3n) is 3.94. The number of carbonyl (C=O) groups is 3. The van der Waals surface area contributed by atoms with Crippen LogP contribution in [0, 0.1) is 0 Å². The van der Waals surface area contributed by atoms with Crippen molar-refractivity contribution in [2.75, 3.05) is 25.2 Å². The first kappa shape index (κ1) is 17.0. The van der Waals surface area contributed by atoms with E-state index in [1.807, 2.05) is 0 Å². The fraction of sp³-hybridized carbons (Fsp3) is 0.400. The lowest BCUT2D eigenvalue weighted by atomic mass is 10.2. The molecular formula is C15H18N4O6. The van der Waals surface area contributed by atoms with Crippen molar-refractivity contribution >= 4 is 23.5 Å². The highest BCUT2D eigenvalue weighted by atomic mass is 16.7. The fourth-order valence-electron chi connectivity index (χ4n) is 2.84. The monoisotopic (exact) mass is 350 g/mol.